The number of nitrogens with one attached hydrogen (secondary N) is 2. The van der Waals surface area contributed by atoms with Crippen LogP contribution in [0.5, 0.6) is 5.75 Å². The lowest BCUT2D eigenvalue weighted by Crippen LogP contribution is -2.09. The Morgan fingerprint density at radius 1 is 1.12 bits per heavy atom. The number of methoxy groups -OCH3 is 1. The quantitative estimate of drug-likeness (QED) is 0.615. The number of rotatable bonds is 7. The van der Waals surface area contributed by atoms with Crippen molar-refractivity contribution in [3.8, 4) is 5.75 Å². The predicted octanol–water partition coefficient (Wildman–Crippen LogP) is 4.59. The molecule has 8 heteroatoms. The summed E-state index contributed by atoms with van der Waals surface area (Å²) in [5, 5.41) is 15.0. The van der Waals surface area contributed by atoms with E-state index >= 15 is 0 Å². The molecular weight excluding hydrogens is 373 g/mol. The zero-order valence-electron chi connectivity index (χ0n) is 14.0. The van der Waals surface area contributed by atoms with E-state index < -0.39 is 0 Å². The van der Waals surface area contributed by atoms with Crippen molar-refractivity contribution in [2.24, 2.45) is 0 Å². The molecule has 3 rings (SSSR count). The van der Waals surface area contributed by atoms with Crippen molar-refractivity contribution >= 4 is 40.7 Å². The van der Waals surface area contributed by atoms with Crippen molar-refractivity contribution in [3.05, 3.63) is 64.3 Å². The van der Waals surface area contributed by atoms with E-state index in [1.165, 1.54) is 5.56 Å². The molecule has 134 valence electrons. The molecule has 1 aromatic heterocycles. The van der Waals surface area contributed by atoms with Crippen LogP contribution in [-0.2, 0) is 6.42 Å². The summed E-state index contributed by atoms with van der Waals surface area (Å²) in [6, 6.07) is 13.2. The highest BCUT2D eigenvalue weighted by Crippen LogP contribution is 2.30. The van der Waals surface area contributed by atoms with Crippen LogP contribution in [0.15, 0.2) is 48.7 Å². The van der Waals surface area contributed by atoms with Gasteiger partial charge in [-0.15, -0.1) is 5.10 Å². The zero-order chi connectivity index (χ0) is 18.4. The van der Waals surface area contributed by atoms with E-state index in [0.717, 1.165) is 12.2 Å². The number of hydrogen-bond donors (Lipinski definition) is 2. The van der Waals surface area contributed by atoms with Crippen molar-refractivity contribution in [1.82, 2.24) is 15.2 Å². The zero-order valence-corrected chi connectivity index (χ0v) is 15.6. The minimum absolute atomic E-state index is 0.334. The molecular formula is C18H17Cl2N5O. The largest absolute Gasteiger partial charge is 0.497 e. The van der Waals surface area contributed by atoms with Crippen LogP contribution in [0.2, 0.25) is 10.0 Å². The van der Waals surface area contributed by atoms with Crippen LogP contribution in [0.1, 0.15) is 5.56 Å². The van der Waals surface area contributed by atoms with Crippen LogP contribution in [0.25, 0.3) is 0 Å². The van der Waals surface area contributed by atoms with Gasteiger partial charge in [-0.2, -0.15) is 10.1 Å². The van der Waals surface area contributed by atoms with Gasteiger partial charge in [0.1, 0.15) is 5.75 Å². The van der Waals surface area contributed by atoms with E-state index in [1.54, 1.807) is 31.5 Å². The first-order valence-electron chi connectivity index (χ1n) is 7.93. The summed E-state index contributed by atoms with van der Waals surface area (Å²) in [5.41, 5.74) is 1.79. The summed E-state index contributed by atoms with van der Waals surface area (Å²) in [6.45, 7) is 0.698. The molecule has 0 spiro atoms. The van der Waals surface area contributed by atoms with Crippen LogP contribution in [0.4, 0.5) is 17.5 Å². The lowest BCUT2D eigenvalue weighted by molar-refractivity contribution is 0.414. The molecule has 0 unspecified atom stereocenters. The molecule has 0 aliphatic heterocycles. The normalized spacial score (nSPS) is 10.4. The average molecular weight is 390 g/mol. The van der Waals surface area contributed by atoms with E-state index in [9.17, 15) is 0 Å². The number of benzene rings is 2. The molecule has 2 aromatic carbocycles. The number of hydrogen-bond acceptors (Lipinski definition) is 6. The maximum Gasteiger partial charge on any atom is 0.249 e. The van der Waals surface area contributed by atoms with E-state index in [2.05, 4.69) is 31.9 Å². The van der Waals surface area contributed by atoms with E-state index in [4.69, 9.17) is 27.9 Å². The molecule has 0 bridgehead atoms. The average Bonchev–Trinajstić information content (AvgIpc) is 2.66. The van der Waals surface area contributed by atoms with Gasteiger partial charge in [-0.05, 0) is 36.2 Å². The number of nitrogens with zero attached hydrogens (tertiary/aromatic N) is 3. The summed E-state index contributed by atoms with van der Waals surface area (Å²) in [6.07, 6.45) is 2.39. The minimum Gasteiger partial charge on any atom is -0.497 e. The number of halogens is 2. The molecule has 0 aliphatic carbocycles. The van der Waals surface area contributed by atoms with Gasteiger partial charge in [-0.25, -0.2) is 0 Å². The Morgan fingerprint density at radius 2 is 1.96 bits per heavy atom. The third-order valence-electron chi connectivity index (χ3n) is 3.61. The van der Waals surface area contributed by atoms with Gasteiger partial charge in [-0.1, -0.05) is 41.4 Å². The smallest absolute Gasteiger partial charge is 0.249 e. The molecule has 0 amide bonds. The highest BCUT2D eigenvalue weighted by molar-refractivity contribution is 6.43. The second-order valence-electron chi connectivity index (χ2n) is 5.42. The van der Waals surface area contributed by atoms with Gasteiger partial charge >= 0.3 is 0 Å². The second-order valence-corrected chi connectivity index (χ2v) is 6.21. The highest BCUT2D eigenvalue weighted by Gasteiger charge is 2.07. The molecule has 0 radical (unpaired) electrons. The molecule has 0 fully saturated rings. The fourth-order valence-electron chi connectivity index (χ4n) is 2.33. The summed E-state index contributed by atoms with van der Waals surface area (Å²) in [5.74, 6) is 1.79. The van der Waals surface area contributed by atoms with Gasteiger partial charge in [0.25, 0.3) is 0 Å². The highest BCUT2D eigenvalue weighted by atomic mass is 35.5. The van der Waals surface area contributed by atoms with E-state index in [1.807, 2.05) is 18.2 Å². The van der Waals surface area contributed by atoms with Gasteiger partial charge in [-0.3, -0.25) is 0 Å². The van der Waals surface area contributed by atoms with Crippen molar-refractivity contribution in [2.45, 2.75) is 6.42 Å². The SMILES string of the molecule is COc1cccc(CCNc2cnnc(Nc3cccc(Cl)c3Cl)n2)c1. The van der Waals surface area contributed by atoms with Gasteiger partial charge < -0.3 is 15.4 Å². The van der Waals surface area contributed by atoms with Crippen molar-refractivity contribution in [1.29, 1.82) is 0 Å². The third-order valence-corrected chi connectivity index (χ3v) is 4.43. The summed E-state index contributed by atoms with van der Waals surface area (Å²) >= 11 is 12.2. The topological polar surface area (TPSA) is 72.0 Å². The maximum atomic E-state index is 6.16. The van der Waals surface area contributed by atoms with Crippen molar-refractivity contribution in [2.75, 3.05) is 24.3 Å². The van der Waals surface area contributed by atoms with Gasteiger partial charge in [0.05, 0.1) is 29.0 Å². The predicted molar refractivity (Wildman–Crippen MR) is 105 cm³/mol. The van der Waals surface area contributed by atoms with Crippen LogP contribution in [0, 0.1) is 0 Å². The molecule has 26 heavy (non-hydrogen) atoms. The Balaban J connectivity index is 1.61. The Morgan fingerprint density at radius 3 is 2.81 bits per heavy atom. The second kappa shape index (κ2) is 8.69. The van der Waals surface area contributed by atoms with Crippen LogP contribution in [-0.4, -0.2) is 28.8 Å². The first-order valence-corrected chi connectivity index (χ1v) is 8.69. The summed E-state index contributed by atoms with van der Waals surface area (Å²) in [4.78, 5) is 4.38. The molecule has 6 nitrogen and oxygen atoms in total. The molecule has 2 N–H and O–H groups in total. The molecule has 0 saturated heterocycles. The van der Waals surface area contributed by atoms with Gasteiger partial charge in [0.15, 0.2) is 5.82 Å². The standard InChI is InChI=1S/C18H17Cl2N5O/c1-26-13-5-2-4-12(10-13)8-9-21-16-11-22-25-18(24-16)23-15-7-3-6-14(19)17(15)20/h2-7,10-11H,8-9H2,1H3,(H2,21,23,24,25). The number of anilines is 3. The van der Waals surface area contributed by atoms with Gasteiger partial charge in [0.2, 0.25) is 5.95 Å². The Hall–Kier alpha value is -2.57. The Labute approximate surface area is 161 Å². The minimum atomic E-state index is 0.334. The molecule has 3 aromatic rings. The lowest BCUT2D eigenvalue weighted by Gasteiger charge is -2.09. The van der Waals surface area contributed by atoms with Crippen LogP contribution < -0.4 is 15.4 Å². The van der Waals surface area contributed by atoms with Gasteiger partial charge in [0, 0.05) is 6.54 Å². The fraction of sp³-hybridized carbons (Fsp3) is 0.167. The third kappa shape index (κ3) is 4.74. The van der Waals surface area contributed by atoms with Crippen LogP contribution in [0.3, 0.4) is 0 Å². The first-order chi connectivity index (χ1) is 12.7. The number of ether oxygens (including phenoxy) is 1. The molecule has 1 heterocycles. The van der Waals surface area contributed by atoms with Crippen LogP contribution >= 0.6 is 23.2 Å². The van der Waals surface area contributed by atoms with E-state index in [-0.39, 0.29) is 0 Å². The first kappa shape index (κ1) is 18.2. The number of aromatic nitrogens is 3. The molecule has 0 aliphatic rings. The van der Waals surface area contributed by atoms with E-state index in [0.29, 0.717) is 34.0 Å². The Bertz CT molecular complexity index is 891. The monoisotopic (exact) mass is 389 g/mol. The van der Waals surface area contributed by atoms with Crippen molar-refractivity contribution < 1.29 is 4.74 Å². The summed E-state index contributed by atoms with van der Waals surface area (Å²) < 4.78 is 5.23. The van der Waals surface area contributed by atoms with Crippen molar-refractivity contribution in [3.63, 3.8) is 0 Å². The summed E-state index contributed by atoms with van der Waals surface area (Å²) in [7, 11) is 1.66. The fourth-order valence-corrected chi connectivity index (χ4v) is 2.67. The lowest BCUT2D eigenvalue weighted by atomic mass is 10.1. The maximum absolute atomic E-state index is 6.16. The molecule has 0 atom stereocenters. The Kier molecular flexibility index (Phi) is 6.09. The molecule has 0 saturated carbocycles.